The van der Waals surface area contributed by atoms with Gasteiger partial charge in [0.15, 0.2) is 15.6 Å². The molecule has 2 heterocycles. The van der Waals surface area contributed by atoms with Gasteiger partial charge in [0.1, 0.15) is 11.5 Å². The molecule has 0 spiro atoms. The van der Waals surface area contributed by atoms with E-state index in [1.807, 2.05) is 20.8 Å². The molecule has 0 bridgehead atoms. The fourth-order valence-electron chi connectivity index (χ4n) is 2.95. The van der Waals surface area contributed by atoms with Crippen LogP contribution < -0.4 is 5.32 Å². The summed E-state index contributed by atoms with van der Waals surface area (Å²) in [6.07, 6.45) is -0.133. The van der Waals surface area contributed by atoms with Crippen LogP contribution in [0.2, 0.25) is 0 Å². The standard InChI is InChI=1S/C21H24N2O5S/c1-13-5-7-17(21-15(3)16(4)23-28-21)11-19(13)29(25,26)10-9-20(24)22-12-18-8-6-14(2)27-18/h5-8,11H,9-10,12H2,1-4H3,(H,22,24). The molecule has 0 aliphatic rings. The second-order valence-corrected chi connectivity index (χ2v) is 9.14. The summed E-state index contributed by atoms with van der Waals surface area (Å²) in [5.41, 5.74) is 2.89. The Balaban J connectivity index is 1.71. The zero-order valence-corrected chi connectivity index (χ0v) is 17.7. The summed E-state index contributed by atoms with van der Waals surface area (Å²) in [5.74, 6) is 1.29. The molecular weight excluding hydrogens is 392 g/mol. The lowest BCUT2D eigenvalue weighted by Crippen LogP contribution is -2.25. The van der Waals surface area contributed by atoms with Gasteiger partial charge in [0.25, 0.3) is 0 Å². The summed E-state index contributed by atoms with van der Waals surface area (Å²) in [6.45, 7) is 7.48. The minimum absolute atomic E-state index is 0.133. The fourth-order valence-corrected chi connectivity index (χ4v) is 4.49. The van der Waals surface area contributed by atoms with Crippen molar-refractivity contribution in [3.05, 3.63) is 58.7 Å². The normalized spacial score (nSPS) is 11.6. The Hall–Kier alpha value is -2.87. The highest BCUT2D eigenvalue weighted by Gasteiger charge is 2.21. The van der Waals surface area contributed by atoms with Gasteiger partial charge in [0.05, 0.1) is 22.9 Å². The third-order valence-electron chi connectivity index (χ3n) is 4.80. The van der Waals surface area contributed by atoms with Gasteiger partial charge in [0.2, 0.25) is 5.91 Å². The van der Waals surface area contributed by atoms with Crippen molar-refractivity contribution >= 4 is 15.7 Å². The van der Waals surface area contributed by atoms with Gasteiger partial charge >= 0.3 is 0 Å². The van der Waals surface area contributed by atoms with E-state index in [9.17, 15) is 13.2 Å². The fraction of sp³-hybridized carbons (Fsp3) is 0.333. The number of carbonyl (C=O) groups excluding carboxylic acids is 1. The van der Waals surface area contributed by atoms with Crippen molar-refractivity contribution in [3.8, 4) is 11.3 Å². The third kappa shape index (κ3) is 4.76. The zero-order valence-electron chi connectivity index (χ0n) is 16.9. The van der Waals surface area contributed by atoms with Crippen LogP contribution >= 0.6 is 0 Å². The molecule has 1 aromatic carbocycles. The topological polar surface area (TPSA) is 102 Å². The minimum Gasteiger partial charge on any atom is -0.465 e. The van der Waals surface area contributed by atoms with Crippen molar-refractivity contribution in [2.75, 3.05) is 5.75 Å². The molecule has 0 aliphatic heterocycles. The molecule has 3 aromatic rings. The van der Waals surface area contributed by atoms with E-state index in [0.717, 1.165) is 17.0 Å². The first-order chi connectivity index (χ1) is 13.7. The molecule has 0 unspecified atom stereocenters. The molecule has 0 fully saturated rings. The molecule has 8 heteroatoms. The first-order valence-electron chi connectivity index (χ1n) is 9.26. The molecule has 0 saturated heterocycles. The number of carbonyl (C=O) groups is 1. The third-order valence-corrected chi connectivity index (χ3v) is 6.65. The van der Waals surface area contributed by atoms with Crippen LogP contribution in [0.5, 0.6) is 0 Å². The molecule has 0 atom stereocenters. The van der Waals surface area contributed by atoms with Crippen LogP contribution in [0.4, 0.5) is 0 Å². The number of nitrogens with zero attached hydrogens (tertiary/aromatic N) is 1. The van der Waals surface area contributed by atoms with Crippen molar-refractivity contribution < 1.29 is 22.2 Å². The number of hydrogen-bond acceptors (Lipinski definition) is 6. The van der Waals surface area contributed by atoms with Crippen LogP contribution in [0.1, 0.15) is 34.8 Å². The highest BCUT2D eigenvalue weighted by Crippen LogP contribution is 2.29. The monoisotopic (exact) mass is 416 g/mol. The Kier molecular flexibility index (Phi) is 5.93. The Morgan fingerprint density at radius 3 is 2.48 bits per heavy atom. The van der Waals surface area contributed by atoms with E-state index in [1.165, 1.54) is 0 Å². The molecule has 1 N–H and O–H groups in total. The van der Waals surface area contributed by atoms with Crippen LogP contribution in [0.3, 0.4) is 0 Å². The lowest BCUT2D eigenvalue weighted by Gasteiger charge is -2.10. The molecule has 154 valence electrons. The second kappa shape index (κ2) is 8.24. The number of benzene rings is 1. The number of rotatable bonds is 7. The Bertz CT molecular complexity index is 1140. The largest absolute Gasteiger partial charge is 0.465 e. The second-order valence-electron chi connectivity index (χ2n) is 7.06. The quantitative estimate of drug-likeness (QED) is 0.631. The van der Waals surface area contributed by atoms with E-state index in [4.69, 9.17) is 8.94 Å². The van der Waals surface area contributed by atoms with Crippen molar-refractivity contribution in [2.45, 2.75) is 45.6 Å². The average Bonchev–Trinajstić information content (AvgIpc) is 3.24. The maximum Gasteiger partial charge on any atom is 0.221 e. The van der Waals surface area contributed by atoms with E-state index >= 15 is 0 Å². The number of aromatic nitrogens is 1. The highest BCUT2D eigenvalue weighted by molar-refractivity contribution is 7.91. The van der Waals surface area contributed by atoms with Gasteiger partial charge < -0.3 is 14.3 Å². The number of nitrogens with one attached hydrogen (secondary N) is 1. The Labute approximate surface area is 170 Å². The minimum atomic E-state index is -3.65. The Morgan fingerprint density at radius 2 is 1.86 bits per heavy atom. The van der Waals surface area contributed by atoms with Crippen molar-refractivity contribution in [1.29, 1.82) is 0 Å². The molecule has 0 saturated carbocycles. The lowest BCUT2D eigenvalue weighted by molar-refractivity contribution is -0.120. The van der Waals surface area contributed by atoms with E-state index in [2.05, 4.69) is 10.5 Å². The smallest absolute Gasteiger partial charge is 0.221 e. The number of amides is 1. The lowest BCUT2D eigenvalue weighted by atomic mass is 10.1. The summed E-state index contributed by atoms with van der Waals surface area (Å²) in [5, 5.41) is 6.61. The summed E-state index contributed by atoms with van der Waals surface area (Å²) in [6, 6.07) is 8.70. The van der Waals surface area contributed by atoms with E-state index < -0.39 is 9.84 Å². The highest BCUT2D eigenvalue weighted by atomic mass is 32.2. The molecular formula is C21H24N2O5S. The van der Waals surface area contributed by atoms with Crippen LogP contribution in [-0.2, 0) is 21.2 Å². The first-order valence-corrected chi connectivity index (χ1v) is 10.9. The van der Waals surface area contributed by atoms with Crippen molar-refractivity contribution in [3.63, 3.8) is 0 Å². The maximum atomic E-state index is 12.9. The zero-order chi connectivity index (χ0) is 21.2. The number of aryl methyl sites for hydroxylation is 3. The molecule has 0 aliphatic carbocycles. The molecule has 3 rings (SSSR count). The van der Waals surface area contributed by atoms with Crippen LogP contribution in [-0.4, -0.2) is 25.2 Å². The van der Waals surface area contributed by atoms with Gasteiger partial charge in [-0.05, 0) is 51.5 Å². The predicted molar refractivity (Wildman–Crippen MR) is 108 cm³/mol. The van der Waals surface area contributed by atoms with Crippen LogP contribution in [0, 0.1) is 27.7 Å². The Morgan fingerprint density at radius 1 is 1.10 bits per heavy atom. The van der Waals surface area contributed by atoms with Gasteiger partial charge in [-0.15, -0.1) is 0 Å². The molecule has 7 nitrogen and oxygen atoms in total. The van der Waals surface area contributed by atoms with Gasteiger partial charge in [0, 0.05) is 17.5 Å². The van der Waals surface area contributed by atoms with E-state index in [0.29, 0.717) is 22.6 Å². The molecule has 1 amide bonds. The predicted octanol–water partition coefficient (Wildman–Crippen LogP) is 3.65. The van der Waals surface area contributed by atoms with Gasteiger partial charge in [-0.3, -0.25) is 4.79 Å². The van der Waals surface area contributed by atoms with Crippen LogP contribution in [0.15, 0.2) is 44.2 Å². The number of furan rings is 1. The van der Waals surface area contributed by atoms with E-state index in [-0.39, 0.29) is 29.5 Å². The van der Waals surface area contributed by atoms with E-state index in [1.54, 1.807) is 37.3 Å². The average molecular weight is 416 g/mol. The van der Waals surface area contributed by atoms with Gasteiger partial charge in [-0.1, -0.05) is 17.3 Å². The molecule has 2 aromatic heterocycles. The van der Waals surface area contributed by atoms with Gasteiger partial charge in [-0.25, -0.2) is 8.42 Å². The summed E-state index contributed by atoms with van der Waals surface area (Å²) < 4.78 is 36.5. The van der Waals surface area contributed by atoms with Gasteiger partial charge in [-0.2, -0.15) is 0 Å². The number of sulfone groups is 1. The summed E-state index contributed by atoms with van der Waals surface area (Å²) >= 11 is 0. The van der Waals surface area contributed by atoms with Crippen molar-refractivity contribution in [2.24, 2.45) is 0 Å². The number of hydrogen-bond donors (Lipinski definition) is 1. The van der Waals surface area contributed by atoms with Crippen LogP contribution in [0.25, 0.3) is 11.3 Å². The SMILES string of the molecule is Cc1ccc(CNC(=O)CCS(=O)(=O)c2cc(-c3onc(C)c3C)ccc2C)o1. The van der Waals surface area contributed by atoms with Crippen molar-refractivity contribution in [1.82, 2.24) is 10.5 Å². The summed E-state index contributed by atoms with van der Waals surface area (Å²) in [4.78, 5) is 12.3. The first kappa shape index (κ1) is 20.9. The maximum absolute atomic E-state index is 12.9. The molecule has 29 heavy (non-hydrogen) atoms. The summed E-state index contributed by atoms with van der Waals surface area (Å²) in [7, 11) is -3.65. The molecule has 0 radical (unpaired) electrons.